The lowest BCUT2D eigenvalue weighted by molar-refractivity contribution is -0.148. The molecule has 2 atom stereocenters. The van der Waals surface area contributed by atoms with Crippen LogP contribution in [0.25, 0.3) is 22.3 Å². The molecule has 144 valence electrons. The van der Waals surface area contributed by atoms with Gasteiger partial charge in [0.15, 0.2) is 0 Å². The van der Waals surface area contributed by atoms with Gasteiger partial charge in [0.05, 0.1) is 17.8 Å². The molecule has 3 fully saturated rings. The van der Waals surface area contributed by atoms with E-state index in [1.54, 1.807) is 18.5 Å². The molecule has 3 aliphatic carbocycles. The van der Waals surface area contributed by atoms with Crippen LogP contribution in [0.2, 0.25) is 0 Å². The fraction of sp³-hybridized carbons (Fsp3) is 0.400. The van der Waals surface area contributed by atoms with E-state index >= 15 is 0 Å². The molecule has 8 heteroatoms. The van der Waals surface area contributed by atoms with Crippen molar-refractivity contribution in [1.82, 2.24) is 19.9 Å². The molecule has 3 aliphatic rings. The van der Waals surface area contributed by atoms with E-state index in [2.05, 4.69) is 25.3 Å². The molecule has 3 aromatic rings. The predicted molar refractivity (Wildman–Crippen MR) is 101 cm³/mol. The van der Waals surface area contributed by atoms with Gasteiger partial charge in [-0.3, -0.25) is 4.79 Å². The molecular weight excluding hydrogens is 361 g/mol. The monoisotopic (exact) mass is 381 g/mol. The highest BCUT2D eigenvalue weighted by Gasteiger charge is 2.47. The summed E-state index contributed by atoms with van der Waals surface area (Å²) in [5.41, 5.74) is 1.94. The maximum atomic E-state index is 13.6. The number of carboxylic acid groups (broad SMARTS) is 1. The van der Waals surface area contributed by atoms with Crippen molar-refractivity contribution in [1.29, 1.82) is 0 Å². The van der Waals surface area contributed by atoms with Gasteiger partial charge in [0.25, 0.3) is 0 Å². The number of aromatic nitrogens is 4. The number of nitrogens with one attached hydrogen (secondary N) is 2. The molecule has 3 N–H and O–H groups in total. The number of aromatic amines is 1. The van der Waals surface area contributed by atoms with Crippen LogP contribution in [0, 0.1) is 23.6 Å². The van der Waals surface area contributed by atoms with Gasteiger partial charge in [0, 0.05) is 29.4 Å². The fourth-order valence-corrected chi connectivity index (χ4v) is 4.93. The summed E-state index contributed by atoms with van der Waals surface area (Å²) >= 11 is 0. The third-order valence-electron chi connectivity index (χ3n) is 6.23. The summed E-state index contributed by atoms with van der Waals surface area (Å²) in [7, 11) is 0. The first-order valence-corrected chi connectivity index (χ1v) is 9.55. The Hall–Kier alpha value is -3.03. The van der Waals surface area contributed by atoms with Crippen LogP contribution in [0.3, 0.4) is 0 Å². The quantitative estimate of drug-likeness (QED) is 0.639. The Morgan fingerprint density at radius 3 is 2.79 bits per heavy atom. The van der Waals surface area contributed by atoms with E-state index in [4.69, 9.17) is 0 Å². The SMILES string of the molecule is O=C(O)[C@H]1C2CCC(CC2)[C@@H]1Nc1nccc(-c2c[nH]c3ncc(F)cc23)n1. The van der Waals surface area contributed by atoms with Gasteiger partial charge < -0.3 is 15.4 Å². The van der Waals surface area contributed by atoms with E-state index in [9.17, 15) is 14.3 Å². The topological polar surface area (TPSA) is 104 Å². The Bertz CT molecular complexity index is 1040. The molecule has 0 amide bonds. The lowest BCUT2D eigenvalue weighted by atomic mass is 9.61. The van der Waals surface area contributed by atoms with Gasteiger partial charge in [-0.05, 0) is 49.7 Å². The summed E-state index contributed by atoms with van der Waals surface area (Å²) in [6.45, 7) is 0. The van der Waals surface area contributed by atoms with Gasteiger partial charge in [-0.2, -0.15) is 0 Å². The van der Waals surface area contributed by atoms with Crippen LogP contribution in [-0.2, 0) is 4.79 Å². The number of carboxylic acids is 1. The fourth-order valence-electron chi connectivity index (χ4n) is 4.93. The molecule has 7 nitrogen and oxygen atoms in total. The minimum atomic E-state index is -0.749. The summed E-state index contributed by atoms with van der Waals surface area (Å²) in [6, 6.07) is 3.01. The molecule has 0 aromatic carbocycles. The number of fused-ring (bicyclic) bond motifs is 4. The van der Waals surface area contributed by atoms with E-state index in [1.807, 2.05) is 0 Å². The summed E-state index contributed by atoms with van der Waals surface area (Å²) < 4.78 is 13.6. The molecule has 0 saturated heterocycles. The Kier molecular flexibility index (Phi) is 3.99. The number of carbonyl (C=O) groups is 1. The number of rotatable bonds is 4. The van der Waals surface area contributed by atoms with Crippen molar-refractivity contribution in [2.75, 3.05) is 5.32 Å². The summed E-state index contributed by atoms with van der Waals surface area (Å²) in [4.78, 5) is 27.8. The lowest BCUT2D eigenvalue weighted by Crippen LogP contribution is -2.51. The largest absolute Gasteiger partial charge is 0.481 e. The number of nitrogens with zero attached hydrogens (tertiary/aromatic N) is 3. The number of pyridine rings is 1. The maximum absolute atomic E-state index is 13.6. The van der Waals surface area contributed by atoms with Crippen LogP contribution in [-0.4, -0.2) is 37.1 Å². The highest BCUT2D eigenvalue weighted by Crippen LogP contribution is 2.46. The third-order valence-corrected chi connectivity index (χ3v) is 6.23. The smallest absolute Gasteiger partial charge is 0.308 e. The molecule has 0 spiro atoms. The molecule has 2 bridgehead atoms. The minimum Gasteiger partial charge on any atom is -0.481 e. The number of halogens is 1. The summed E-state index contributed by atoms with van der Waals surface area (Å²) in [6.07, 6.45) is 8.58. The first kappa shape index (κ1) is 17.1. The van der Waals surface area contributed by atoms with Crippen LogP contribution in [0.15, 0.2) is 30.7 Å². The summed E-state index contributed by atoms with van der Waals surface area (Å²) in [5, 5.41) is 13.7. The number of aliphatic carboxylic acids is 1. The second-order valence-electron chi connectivity index (χ2n) is 7.73. The van der Waals surface area contributed by atoms with Crippen LogP contribution in [0.5, 0.6) is 0 Å². The van der Waals surface area contributed by atoms with Crippen molar-refractivity contribution in [3.8, 4) is 11.3 Å². The van der Waals surface area contributed by atoms with Crippen molar-refractivity contribution in [2.45, 2.75) is 31.7 Å². The highest BCUT2D eigenvalue weighted by atomic mass is 19.1. The molecule has 6 rings (SSSR count). The van der Waals surface area contributed by atoms with Crippen molar-refractivity contribution < 1.29 is 14.3 Å². The Morgan fingerprint density at radius 1 is 1.21 bits per heavy atom. The molecule has 0 unspecified atom stereocenters. The number of H-pyrrole nitrogens is 1. The van der Waals surface area contributed by atoms with Crippen LogP contribution < -0.4 is 5.32 Å². The van der Waals surface area contributed by atoms with E-state index in [1.165, 1.54) is 12.3 Å². The normalized spacial score (nSPS) is 26.5. The first-order chi connectivity index (χ1) is 13.6. The molecule has 3 saturated carbocycles. The Labute approximate surface area is 160 Å². The predicted octanol–water partition coefficient (Wildman–Crippen LogP) is 3.46. The number of anilines is 1. The van der Waals surface area contributed by atoms with Crippen molar-refractivity contribution >= 4 is 23.0 Å². The zero-order valence-electron chi connectivity index (χ0n) is 15.1. The van der Waals surface area contributed by atoms with Gasteiger partial charge in [0.1, 0.15) is 11.5 Å². The second kappa shape index (κ2) is 6.54. The Balaban J connectivity index is 1.47. The zero-order chi connectivity index (χ0) is 19.3. The third kappa shape index (κ3) is 2.80. The van der Waals surface area contributed by atoms with Crippen LogP contribution in [0.4, 0.5) is 10.3 Å². The summed E-state index contributed by atoms with van der Waals surface area (Å²) in [5.74, 6) is -0.633. The van der Waals surface area contributed by atoms with Gasteiger partial charge >= 0.3 is 5.97 Å². The highest BCUT2D eigenvalue weighted by molar-refractivity contribution is 5.92. The molecular formula is C20H20FN5O2. The van der Waals surface area contributed by atoms with Crippen molar-refractivity contribution in [2.24, 2.45) is 17.8 Å². The number of hydrogen-bond donors (Lipinski definition) is 3. The van der Waals surface area contributed by atoms with Crippen molar-refractivity contribution in [3.63, 3.8) is 0 Å². The standard InChI is InChI=1S/C20H20FN5O2/c21-12-7-13-14(9-24-18(13)23-8-12)15-5-6-22-20(25-15)26-17-11-3-1-10(2-4-11)16(17)19(27)28/h5-11,16-17H,1-4H2,(H,23,24)(H,27,28)(H,22,25,26)/t10?,11?,16-,17-/m0/s1. The average Bonchev–Trinajstić information content (AvgIpc) is 3.12. The molecule has 28 heavy (non-hydrogen) atoms. The van der Waals surface area contributed by atoms with E-state index < -0.39 is 17.7 Å². The van der Waals surface area contributed by atoms with E-state index in [0.29, 0.717) is 28.6 Å². The van der Waals surface area contributed by atoms with Crippen LogP contribution >= 0.6 is 0 Å². The average molecular weight is 381 g/mol. The van der Waals surface area contributed by atoms with Gasteiger partial charge in [-0.25, -0.2) is 19.3 Å². The van der Waals surface area contributed by atoms with E-state index in [-0.39, 0.29) is 12.0 Å². The number of hydrogen-bond acceptors (Lipinski definition) is 5. The molecule has 0 radical (unpaired) electrons. The lowest BCUT2D eigenvalue weighted by Gasteiger charge is -2.46. The Morgan fingerprint density at radius 2 is 2.00 bits per heavy atom. The zero-order valence-corrected chi connectivity index (χ0v) is 15.1. The molecule has 3 aromatic heterocycles. The maximum Gasteiger partial charge on any atom is 0.308 e. The van der Waals surface area contributed by atoms with Gasteiger partial charge in [-0.1, -0.05) is 0 Å². The van der Waals surface area contributed by atoms with E-state index in [0.717, 1.165) is 31.2 Å². The van der Waals surface area contributed by atoms with Crippen molar-refractivity contribution in [3.05, 3.63) is 36.5 Å². The first-order valence-electron chi connectivity index (χ1n) is 9.55. The van der Waals surface area contributed by atoms with Gasteiger partial charge in [0.2, 0.25) is 5.95 Å². The molecule has 0 aliphatic heterocycles. The van der Waals surface area contributed by atoms with Crippen LogP contribution in [0.1, 0.15) is 25.7 Å². The second-order valence-corrected chi connectivity index (χ2v) is 7.73. The molecule has 3 heterocycles. The van der Waals surface area contributed by atoms with Gasteiger partial charge in [-0.15, -0.1) is 0 Å². The minimum absolute atomic E-state index is 0.165.